The number of hydrogen-bond acceptors (Lipinski definition) is 1. The van der Waals surface area contributed by atoms with Crippen LogP contribution in [0.2, 0.25) is 0 Å². The minimum atomic E-state index is 1.16. The van der Waals surface area contributed by atoms with Crippen molar-refractivity contribution in [3.8, 4) is 27.9 Å². The number of anilines is 2. The zero-order chi connectivity index (χ0) is 28.8. The summed E-state index contributed by atoms with van der Waals surface area (Å²) in [5.74, 6) is 0. The number of nitrogens with zero attached hydrogens (tertiary/aromatic N) is 2. The molecule has 0 atom stereocenters. The normalized spacial score (nSPS) is 11.4. The molecule has 0 unspecified atom stereocenters. The predicted molar refractivity (Wildman–Crippen MR) is 184 cm³/mol. The van der Waals surface area contributed by atoms with Crippen molar-refractivity contribution in [2.75, 3.05) is 11.9 Å². The highest BCUT2D eigenvalue weighted by molar-refractivity contribution is 6.18. The molecular weight excluding hydrogens is 520 g/mol. The van der Waals surface area contributed by atoms with Gasteiger partial charge in [-0.2, -0.15) is 0 Å². The van der Waals surface area contributed by atoms with Crippen LogP contribution in [0.1, 0.15) is 0 Å². The highest BCUT2D eigenvalue weighted by atomic mass is 15.1. The van der Waals surface area contributed by atoms with E-state index < -0.39 is 0 Å². The van der Waals surface area contributed by atoms with Crippen LogP contribution >= 0.6 is 0 Å². The second-order valence-corrected chi connectivity index (χ2v) is 11.1. The summed E-state index contributed by atoms with van der Waals surface area (Å²) in [6, 6.07) is 59.1. The van der Waals surface area contributed by atoms with Gasteiger partial charge in [-0.3, -0.25) is 0 Å². The molecule has 0 radical (unpaired) electrons. The standard InChI is InChI=1S/C41H30N2/c1-42(34-17-6-3-7-18-34)35-24-22-30(23-25-35)37-20-11-21-39-41(37)38-27-32-14-8-9-15-33(32)28-40(38)43(39)36-19-10-16-31(26-36)29-12-4-2-5-13-29/h2-28H,1H3. The Kier molecular flexibility index (Phi) is 6.05. The lowest BCUT2D eigenvalue weighted by Crippen LogP contribution is -2.08. The molecule has 0 aliphatic rings. The molecule has 0 aliphatic heterocycles. The van der Waals surface area contributed by atoms with E-state index in [-0.39, 0.29) is 0 Å². The Balaban J connectivity index is 1.34. The Labute approximate surface area is 251 Å². The lowest BCUT2D eigenvalue weighted by Gasteiger charge is -2.19. The monoisotopic (exact) mass is 550 g/mol. The molecule has 8 aromatic rings. The van der Waals surface area contributed by atoms with Crippen LogP contribution in [0.15, 0.2) is 164 Å². The summed E-state index contributed by atoms with van der Waals surface area (Å²) in [6.45, 7) is 0. The van der Waals surface area contributed by atoms with Crippen molar-refractivity contribution >= 4 is 44.0 Å². The third kappa shape index (κ3) is 4.36. The van der Waals surface area contributed by atoms with E-state index in [4.69, 9.17) is 0 Å². The molecule has 0 fully saturated rings. The number of fused-ring (bicyclic) bond motifs is 4. The molecule has 0 bridgehead atoms. The Bertz CT molecular complexity index is 2230. The molecule has 2 nitrogen and oxygen atoms in total. The number of hydrogen-bond donors (Lipinski definition) is 0. The maximum atomic E-state index is 2.44. The van der Waals surface area contributed by atoms with Crippen LogP contribution in [0, 0.1) is 0 Å². The van der Waals surface area contributed by atoms with Gasteiger partial charge in [-0.25, -0.2) is 0 Å². The molecule has 0 amide bonds. The van der Waals surface area contributed by atoms with Gasteiger partial charge in [0.15, 0.2) is 0 Å². The van der Waals surface area contributed by atoms with Gasteiger partial charge in [-0.05, 0) is 87.6 Å². The van der Waals surface area contributed by atoms with E-state index in [1.807, 2.05) is 0 Å². The fourth-order valence-corrected chi connectivity index (χ4v) is 6.39. The molecule has 0 N–H and O–H groups in total. The van der Waals surface area contributed by atoms with Crippen molar-refractivity contribution in [1.29, 1.82) is 0 Å². The third-order valence-electron chi connectivity index (χ3n) is 8.58. The van der Waals surface area contributed by atoms with Crippen molar-refractivity contribution in [3.05, 3.63) is 164 Å². The van der Waals surface area contributed by atoms with Gasteiger partial charge < -0.3 is 9.47 Å². The number of benzene rings is 7. The molecule has 0 saturated carbocycles. The fourth-order valence-electron chi connectivity index (χ4n) is 6.39. The van der Waals surface area contributed by atoms with Gasteiger partial charge >= 0.3 is 0 Å². The third-order valence-corrected chi connectivity index (χ3v) is 8.58. The molecule has 0 aliphatic carbocycles. The first-order valence-corrected chi connectivity index (χ1v) is 14.8. The molecule has 2 heteroatoms. The molecule has 7 aromatic carbocycles. The molecule has 8 rings (SSSR count). The van der Waals surface area contributed by atoms with Crippen LogP contribution in [0.25, 0.3) is 60.5 Å². The number of rotatable bonds is 5. The molecule has 204 valence electrons. The van der Waals surface area contributed by atoms with E-state index in [1.165, 1.54) is 60.5 Å². The first-order valence-electron chi connectivity index (χ1n) is 14.8. The SMILES string of the molecule is CN(c1ccccc1)c1ccc(-c2cccc3c2c2cc4ccccc4cc2n3-c2cccc(-c3ccccc3)c2)cc1. The zero-order valence-electron chi connectivity index (χ0n) is 24.0. The lowest BCUT2D eigenvalue weighted by molar-refractivity contribution is 1.18. The summed E-state index contributed by atoms with van der Waals surface area (Å²) in [4.78, 5) is 2.22. The predicted octanol–water partition coefficient (Wildman–Crippen LogP) is 11.0. The zero-order valence-corrected chi connectivity index (χ0v) is 24.0. The van der Waals surface area contributed by atoms with Crippen LogP contribution in [0.5, 0.6) is 0 Å². The summed E-state index contributed by atoms with van der Waals surface area (Å²) in [5.41, 5.74) is 10.8. The minimum Gasteiger partial charge on any atom is -0.345 e. The number of para-hydroxylation sites is 1. The maximum Gasteiger partial charge on any atom is 0.0547 e. The first-order chi connectivity index (χ1) is 21.2. The Hall–Kier alpha value is -5.60. The molecular formula is C41H30N2. The highest BCUT2D eigenvalue weighted by Gasteiger charge is 2.18. The fraction of sp³-hybridized carbons (Fsp3) is 0.0244. The minimum absolute atomic E-state index is 1.16. The van der Waals surface area contributed by atoms with Gasteiger partial charge in [-0.15, -0.1) is 0 Å². The quantitative estimate of drug-likeness (QED) is 0.207. The van der Waals surface area contributed by atoms with Crippen LogP contribution in [-0.4, -0.2) is 11.6 Å². The van der Waals surface area contributed by atoms with Gasteiger partial charge in [0, 0.05) is 34.9 Å². The van der Waals surface area contributed by atoms with Gasteiger partial charge in [-0.1, -0.05) is 109 Å². The van der Waals surface area contributed by atoms with E-state index in [9.17, 15) is 0 Å². The van der Waals surface area contributed by atoms with Crippen molar-refractivity contribution in [2.45, 2.75) is 0 Å². The van der Waals surface area contributed by atoms with Gasteiger partial charge in [0.2, 0.25) is 0 Å². The van der Waals surface area contributed by atoms with Crippen LogP contribution in [0.4, 0.5) is 11.4 Å². The van der Waals surface area contributed by atoms with Gasteiger partial charge in [0.05, 0.1) is 11.0 Å². The molecule has 43 heavy (non-hydrogen) atoms. The molecule has 1 heterocycles. The van der Waals surface area contributed by atoms with Gasteiger partial charge in [0.25, 0.3) is 0 Å². The van der Waals surface area contributed by atoms with Crippen LogP contribution < -0.4 is 4.90 Å². The van der Waals surface area contributed by atoms with Crippen LogP contribution in [0.3, 0.4) is 0 Å². The Morgan fingerprint density at radius 3 is 1.84 bits per heavy atom. The average Bonchev–Trinajstić information content (AvgIpc) is 3.41. The smallest absolute Gasteiger partial charge is 0.0547 e. The van der Waals surface area contributed by atoms with Crippen molar-refractivity contribution in [3.63, 3.8) is 0 Å². The van der Waals surface area contributed by atoms with E-state index >= 15 is 0 Å². The lowest BCUT2D eigenvalue weighted by atomic mass is 9.98. The van der Waals surface area contributed by atoms with E-state index in [1.54, 1.807) is 0 Å². The average molecular weight is 551 g/mol. The Morgan fingerprint density at radius 1 is 0.442 bits per heavy atom. The van der Waals surface area contributed by atoms with E-state index in [2.05, 4.69) is 180 Å². The topological polar surface area (TPSA) is 8.17 Å². The van der Waals surface area contributed by atoms with Gasteiger partial charge in [0.1, 0.15) is 0 Å². The maximum absolute atomic E-state index is 2.44. The van der Waals surface area contributed by atoms with Crippen molar-refractivity contribution < 1.29 is 0 Å². The summed E-state index contributed by atoms with van der Waals surface area (Å²) >= 11 is 0. The van der Waals surface area contributed by atoms with E-state index in [0.29, 0.717) is 0 Å². The second kappa shape index (κ2) is 10.3. The molecule has 0 spiro atoms. The first kappa shape index (κ1) is 25.1. The molecule has 0 saturated heterocycles. The summed E-state index contributed by atoms with van der Waals surface area (Å²) in [7, 11) is 2.12. The Morgan fingerprint density at radius 2 is 1.07 bits per heavy atom. The highest BCUT2D eigenvalue weighted by Crippen LogP contribution is 2.41. The molecule has 1 aromatic heterocycles. The summed E-state index contributed by atoms with van der Waals surface area (Å²) in [5, 5.41) is 5.03. The number of aromatic nitrogens is 1. The van der Waals surface area contributed by atoms with E-state index in [0.717, 1.165) is 11.4 Å². The van der Waals surface area contributed by atoms with Crippen molar-refractivity contribution in [2.24, 2.45) is 0 Å². The second-order valence-electron chi connectivity index (χ2n) is 11.1. The van der Waals surface area contributed by atoms with Crippen molar-refractivity contribution in [1.82, 2.24) is 4.57 Å². The largest absolute Gasteiger partial charge is 0.345 e. The summed E-state index contributed by atoms with van der Waals surface area (Å²) < 4.78 is 2.44. The van der Waals surface area contributed by atoms with Crippen LogP contribution in [-0.2, 0) is 0 Å². The summed E-state index contributed by atoms with van der Waals surface area (Å²) in [6.07, 6.45) is 0.